The Labute approximate surface area is 83.1 Å². The molecule has 1 unspecified atom stereocenters. The highest BCUT2D eigenvalue weighted by Gasteiger charge is 2.03. The van der Waals surface area contributed by atoms with Gasteiger partial charge >= 0.3 is 0 Å². The quantitative estimate of drug-likeness (QED) is 0.706. The van der Waals surface area contributed by atoms with Crippen LogP contribution >= 0.6 is 0 Å². The van der Waals surface area contributed by atoms with Crippen molar-refractivity contribution in [3.8, 4) is 0 Å². The zero-order valence-corrected chi connectivity index (χ0v) is 8.40. The fraction of sp³-hybridized carbons (Fsp3) is 0.556. The van der Waals surface area contributed by atoms with Crippen LogP contribution < -0.4 is 5.32 Å². The first kappa shape index (κ1) is 10.9. The predicted molar refractivity (Wildman–Crippen MR) is 53.1 cm³/mol. The lowest BCUT2D eigenvalue weighted by Crippen LogP contribution is -2.24. The van der Waals surface area contributed by atoms with Gasteiger partial charge < -0.3 is 15.2 Å². The summed E-state index contributed by atoms with van der Waals surface area (Å²) >= 11 is 0. The lowest BCUT2D eigenvalue weighted by atomic mass is 10.3. The lowest BCUT2D eigenvalue weighted by molar-refractivity contribution is 0.0727. The van der Waals surface area contributed by atoms with Crippen molar-refractivity contribution in [2.75, 3.05) is 25.6 Å². The molecule has 0 bridgehead atoms. The maximum absolute atomic E-state index is 9.34. The second kappa shape index (κ2) is 5.51. The Morgan fingerprint density at radius 1 is 1.64 bits per heavy atom. The number of rotatable bonds is 5. The monoisotopic (exact) mass is 197 g/mol. The summed E-state index contributed by atoms with van der Waals surface area (Å²) in [7, 11) is 1.55. The van der Waals surface area contributed by atoms with Crippen molar-refractivity contribution in [1.82, 2.24) is 10.2 Å². The number of hydrogen-bond acceptors (Lipinski definition) is 5. The van der Waals surface area contributed by atoms with E-state index in [0.29, 0.717) is 19.0 Å². The van der Waals surface area contributed by atoms with Gasteiger partial charge in [-0.3, -0.25) is 0 Å². The van der Waals surface area contributed by atoms with E-state index in [1.165, 1.54) is 0 Å². The second-order valence-electron chi connectivity index (χ2n) is 3.11. The SMILES string of the molecule is COCC(O)CNc1cc(C)cnn1. The highest BCUT2D eigenvalue weighted by Crippen LogP contribution is 2.02. The number of aromatic nitrogens is 2. The summed E-state index contributed by atoms with van der Waals surface area (Å²) in [6.07, 6.45) is 1.15. The highest BCUT2D eigenvalue weighted by molar-refractivity contribution is 5.34. The van der Waals surface area contributed by atoms with Crippen LogP contribution in [-0.2, 0) is 4.74 Å². The number of aliphatic hydroxyl groups is 1. The van der Waals surface area contributed by atoms with Crippen molar-refractivity contribution in [1.29, 1.82) is 0 Å². The molecule has 0 spiro atoms. The number of methoxy groups -OCH3 is 1. The average molecular weight is 197 g/mol. The van der Waals surface area contributed by atoms with Crippen molar-refractivity contribution < 1.29 is 9.84 Å². The van der Waals surface area contributed by atoms with Crippen molar-refractivity contribution in [2.45, 2.75) is 13.0 Å². The van der Waals surface area contributed by atoms with Crippen LogP contribution in [0.15, 0.2) is 12.3 Å². The second-order valence-corrected chi connectivity index (χ2v) is 3.11. The Morgan fingerprint density at radius 3 is 3.07 bits per heavy atom. The Balaban J connectivity index is 2.37. The number of nitrogens with zero attached hydrogens (tertiary/aromatic N) is 2. The molecule has 78 valence electrons. The van der Waals surface area contributed by atoms with E-state index < -0.39 is 6.10 Å². The zero-order valence-electron chi connectivity index (χ0n) is 8.40. The molecule has 5 nitrogen and oxygen atoms in total. The molecule has 1 rings (SSSR count). The minimum absolute atomic E-state index is 0.312. The van der Waals surface area contributed by atoms with Crippen LogP contribution in [0.5, 0.6) is 0 Å². The van der Waals surface area contributed by atoms with E-state index in [1.54, 1.807) is 13.3 Å². The molecular formula is C9H15N3O2. The van der Waals surface area contributed by atoms with Gasteiger partial charge in [0, 0.05) is 13.7 Å². The summed E-state index contributed by atoms with van der Waals surface area (Å²) in [5.41, 5.74) is 1.03. The van der Waals surface area contributed by atoms with Crippen molar-refractivity contribution >= 4 is 5.82 Å². The summed E-state index contributed by atoms with van der Waals surface area (Å²) in [4.78, 5) is 0. The third-order valence-corrected chi connectivity index (χ3v) is 1.67. The first-order valence-electron chi connectivity index (χ1n) is 4.42. The molecule has 0 aliphatic heterocycles. The van der Waals surface area contributed by atoms with Crippen LogP contribution in [0, 0.1) is 6.92 Å². The minimum Gasteiger partial charge on any atom is -0.389 e. The summed E-state index contributed by atoms with van der Waals surface area (Å²) in [5.74, 6) is 0.667. The van der Waals surface area contributed by atoms with Gasteiger partial charge in [0.25, 0.3) is 0 Å². The smallest absolute Gasteiger partial charge is 0.148 e. The standard InChI is InChI=1S/C9H15N3O2/c1-7-3-9(12-11-4-7)10-5-8(13)6-14-2/h3-4,8,13H,5-6H2,1-2H3,(H,10,12). The van der Waals surface area contributed by atoms with Crippen LogP contribution in [0.3, 0.4) is 0 Å². The van der Waals surface area contributed by atoms with Gasteiger partial charge in [-0.25, -0.2) is 0 Å². The summed E-state index contributed by atoms with van der Waals surface area (Å²) in [6.45, 7) is 2.66. The fourth-order valence-corrected chi connectivity index (χ4v) is 1.02. The van der Waals surface area contributed by atoms with E-state index in [-0.39, 0.29) is 0 Å². The number of nitrogens with one attached hydrogen (secondary N) is 1. The van der Waals surface area contributed by atoms with Crippen LogP contribution in [0.25, 0.3) is 0 Å². The van der Waals surface area contributed by atoms with Gasteiger partial charge in [-0.2, -0.15) is 5.10 Å². The Bertz CT molecular complexity index is 281. The van der Waals surface area contributed by atoms with Gasteiger partial charge in [-0.15, -0.1) is 5.10 Å². The Kier molecular flexibility index (Phi) is 4.28. The van der Waals surface area contributed by atoms with E-state index in [4.69, 9.17) is 4.74 Å². The maximum atomic E-state index is 9.34. The molecule has 1 heterocycles. The van der Waals surface area contributed by atoms with E-state index >= 15 is 0 Å². The molecule has 0 aliphatic rings. The number of ether oxygens (including phenoxy) is 1. The van der Waals surface area contributed by atoms with Gasteiger partial charge in [0.1, 0.15) is 5.82 Å². The predicted octanol–water partition coefficient (Wildman–Crippen LogP) is 0.204. The molecule has 1 aromatic heterocycles. The third kappa shape index (κ3) is 3.68. The molecule has 0 amide bonds. The first-order valence-corrected chi connectivity index (χ1v) is 4.42. The molecule has 5 heteroatoms. The maximum Gasteiger partial charge on any atom is 0.148 e. The highest BCUT2D eigenvalue weighted by atomic mass is 16.5. The van der Waals surface area contributed by atoms with Gasteiger partial charge in [-0.1, -0.05) is 0 Å². The van der Waals surface area contributed by atoms with Crippen LogP contribution in [0.2, 0.25) is 0 Å². The van der Waals surface area contributed by atoms with Gasteiger partial charge in [0.05, 0.1) is 18.9 Å². The number of anilines is 1. The molecule has 0 aliphatic carbocycles. The molecule has 2 N–H and O–H groups in total. The number of aryl methyl sites for hydroxylation is 1. The zero-order chi connectivity index (χ0) is 10.4. The summed E-state index contributed by atoms with van der Waals surface area (Å²) in [6, 6.07) is 1.87. The van der Waals surface area contributed by atoms with Gasteiger partial charge in [0.2, 0.25) is 0 Å². The molecule has 0 fully saturated rings. The summed E-state index contributed by atoms with van der Waals surface area (Å²) in [5, 5.41) is 20.0. The van der Waals surface area contributed by atoms with Gasteiger partial charge in [-0.05, 0) is 18.6 Å². The average Bonchev–Trinajstić information content (AvgIpc) is 2.15. The molecule has 1 aromatic rings. The van der Waals surface area contributed by atoms with Crippen LogP contribution in [0.1, 0.15) is 5.56 Å². The van der Waals surface area contributed by atoms with E-state index in [0.717, 1.165) is 5.56 Å². The molecule has 1 atom stereocenters. The third-order valence-electron chi connectivity index (χ3n) is 1.67. The molecular weight excluding hydrogens is 182 g/mol. The molecule has 0 saturated heterocycles. The van der Waals surface area contributed by atoms with Gasteiger partial charge in [0.15, 0.2) is 0 Å². The Hall–Kier alpha value is -1.20. The first-order chi connectivity index (χ1) is 6.72. The van der Waals surface area contributed by atoms with E-state index in [9.17, 15) is 5.11 Å². The number of aliphatic hydroxyl groups excluding tert-OH is 1. The van der Waals surface area contributed by atoms with Crippen molar-refractivity contribution in [2.24, 2.45) is 0 Å². The molecule has 0 saturated carbocycles. The molecule has 0 radical (unpaired) electrons. The topological polar surface area (TPSA) is 67.3 Å². The van der Waals surface area contributed by atoms with Crippen molar-refractivity contribution in [3.63, 3.8) is 0 Å². The van der Waals surface area contributed by atoms with Crippen LogP contribution in [-0.4, -0.2) is 41.7 Å². The minimum atomic E-state index is -0.526. The molecule has 0 aromatic carbocycles. The van der Waals surface area contributed by atoms with E-state index in [2.05, 4.69) is 15.5 Å². The Morgan fingerprint density at radius 2 is 2.43 bits per heavy atom. The van der Waals surface area contributed by atoms with Crippen LogP contribution in [0.4, 0.5) is 5.82 Å². The fourth-order valence-electron chi connectivity index (χ4n) is 1.02. The van der Waals surface area contributed by atoms with Crippen molar-refractivity contribution in [3.05, 3.63) is 17.8 Å². The van der Waals surface area contributed by atoms with E-state index in [1.807, 2.05) is 13.0 Å². The largest absolute Gasteiger partial charge is 0.389 e. The molecule has 14 heavy (non-hydrogen) atoms. The lowest BCUT2D eigenvalue weighted by Gasteiger charge is -2.10. The number of hydrogen-bond donors (Lipinski definition) is 2. The normalized spacial score (nSPS) is 12.5. The summed E-state index contributed by atoms with van der Waals surface area (Å²) < 4.78 is 4.79.